The quantitative estimate of drug-likeness (QED) is 0.557. The van der Waals surface area contributed by atoms with Gasteiger partial charge in [-0.05, 0) is 0 Å². The summed E-state index contributed by atoms with van der Waals surface area (Å²) in [5.74, 6) is 3.25. The molecule has 0 fully saturated rings. The van der Waals surface area contributed by atoms with E-state index in [9.17, 15) is 0 Å². The van der Waals surface area contributed by atoms with Crippen LogP contribution < -0.4 is 17.1 Å². The molecule has 2 aromatic rings. The fraction of sp³-hybridized carbons (Fsp3) is 0.333. The average Bonchev–Trinajstić information content (AvgIpc) is 2.55. The summed E-state index contributed by atoms with van der Waals surface area (Å²) in [6.07, 6.45) is 0. The monoisotopic (exact) mass is 423 g/mol. The smallest absolute Gasteiger partial charge is 0.147 e. The summed E-state index contributed by atoms with van der Waals surface area (Å²) in [4.78, 5) is 0. The van der Waals surface area contributed by atoms with Crippen LogP contribution in [0.15, 0.2) is 48.5 Å². The fourth-order valence-corrected chi connectivity index (χ4v) is 6.80. The van der Waals surface area contributed by atoms with Crippen LogP contribution in [0.5, 0.6) is 23.0 Å². The summed E-state index contributed by atoms with van der Waals surface area (Å²) in [5.41, 5.74) is 0. The maximum absolute atomic E-state index is 6.18. The van der Waals surface area contributed by atoms with Crippen molar-refractivity contribution in [2.45, 2.75) is 25.9 Å². The SMILES string of the molecule is COc1ccc([O][Cr]([O]c2ccc(OC)cc2)[PH]C(C)(C)C)cc1.Cl. The van der Waals surface area contributed by atoms with E-state index in [1.165, 1.54) is 0 Å². The minimum absolute atomic E-state index is 0. The van der Waals surface area contributed by atoms with Crippen molar-refractivity contribution in [2.75, 3.05) is 14.2 Å². The van der Waals surface area contributed by atoms with Crippen LogP contribution in [-0.2, 0) is 14.4 Å². The van der Waals surface area contributed by atoms with Crippen molar-refractivity contribution in [3.8, 4) is 23.0 Å². The van der Waals surface area contributed by atoms with E-state index in [0.29, 0.717) is 7.23 Å². The average molecular weight is 424 g/mol. The largest absolute Gasteiger partial charge is 0.147 e. The van der Waals surface area contributed by atoms with Gasteiger partial charge in [0.05, 0.1) is 0 Å². The molecule has 2 aromatic carbocycles. The zero-order valence-electron chi connectivity index (χ0n) is 15.1. The van der Waals surface area contributed by atoms with E-state index in [4.69, 9.17) is 17.1 Å². The minimum Gasteiger partial charge on any atom is -0.147 e. The molecule has 0 saturated heterocycles. The van der Waals surface area contributed by atoms with Gasteiger partial charge >= 0.3 is 150 Å². The standard InChI is InChI=1S/2C7H8O2.C4H10P.ClH.Cr/c2*1-9-7-4-2-6(8)3-5-7;1-4(2,3)5;;/h2*2-5,8H,1H3;5H,1-3H3;1H;/q;;-1;;+3/p-2. The van der Waals surface area contributed by atoms with Crippen LogP contribution in [0.1, 0.15) is 20.8 Å². The molecule has 0 heterocycles. The van der Waals surface area contributed by atoms with Crippen LogP contribution in [-0.4, -0.2) is 19.4 Å². The van der Waals surface area contributed by atoms with Crippen molar-refractivity contribution in [3.63, 3.8) is 0 Å². The summed E-state index contributed by atoms with van der Waals surface area (Å²) in [5, 5.41) is 0.156. The van der Waals surface area contributed by atoms with Crippen LogP contribution in [0.25, 0.3) is 0 Å². The van der Waals surface area contributed by atoms with Crippen molar-refractivity contribution in [2.24, 2.45) is 0 Å². The maximum atomic E-state index is 6.18. The second kappa shape index (κ2) is 10.1. The van der Waals surface area contributed by atoms with Crippen molar-refractivity contribution in [3.05, 3.63) is 48.5 Å². The van der Waals surface area contributed by atoms with Gasteiger partial charge in [0, 0.05) is 0 Å². The third kappa shape index (κ3) is 7.76. The molecule has 1 atom stereocenters. The van der Waals surface area contributed by atoms with Crippen molar-refractivity contribution in [1.82, 2.24) is 0 Å². The summed E-state index contributed by atoms with van der Waals surface area (Å²) >= 11 is -1.76. The summed E-state index contributed by atoms with van der Waals surface area (Å²) in [6, 6.07) is 15.2. The Morgan fingerprint density at radius 1 is 0.680 bits per heavy atom. The number of hydrogen-bond donors (Lipinski definition) is 0. The van der Waals surface area contributed by atoms with Crippen molar-refractivity contribution in [1.29, 1.82) is 0 Å². The molecule has 0 saturated carbocycles. The molecule has 0 aromatic heterocycles. The number of ether oxygens (including phenoxy) is 2. The molecule has 25 heavy (non-hydrogen) atoms. The van der Waals surface area contributed by atoms with Crippen LogP contribution in [0.2, 0.25) is 0 Å². The number of halogens is 1. The number of hydrogen-bond acceptors (Lipinski definition) is 4. The molecular formula is C18H25ClCrO4P. The first-order valence-corrected chi connectivity index (χ1v) is 11.4. The Kier molecular flexibility index (Phi) is 8.90. The minimum atomic E-state index is -1.76. The van der Waals surface area contributed by atoms with Crippen LogP contribution in [0.3, 0.4) is 0 Å². The van der Waals surface area contributed by atoms with Crippen LogP contribution in [0.4, 0.5) is 0 Å². The normalized spacial score (nSPS) is 11.3. The molecule has 0 radical (unpaired) electrons. The Morgan fingerprint density at radius 3 is 1.28 bits per heavy atom. The Hall–Kier alpha value is -1.11. The summed E-state index contributed by atoms with van der Waals surface area (Å²) in [7, 11) is 3.90. The van der Waals surface area contributed by atoms with E-state index >= 15 is 0 Å². The van der Waals surface area contributed by atoms with E-state index in [-0.39, 0.29) is 17.6 Å². The predicted octanol–water partition coefficient (Wildman–Crippen LogP) is 5.42. The van der Waals surface area contributed by atoms with E-state index in [1.807, 2.05) is 48.5 Å². The van der Waals surface area contributed by atoms with Gasteiger partial charge in [-0.2, -0.15) is 0 Å². The van der Waals surface area contributed by atoms with E-state index in [0.717, 1.165) is 23.0 Å². The second-order valence-corrected chi connectivity index (χ2v) is 11.4. The van der Waals surface area contributed by atoms with E-state index in [2.05, 4.69) is 20.8 Å². The Labute approximate surface area is 162 Å². The third-order valence-electron chi connectivity index (χ3n) is 2.85. The Balaban J connectivity index is 0.00000312. The molecule has 0 aliphatic heterocycles. The first kappa shape index (κ1) is 21.9. The van der Waals surface area contributed by atoms with Gasteiger partial charge in [0.15, 0.2) is 0 Å². The molecule has 0 spiro atoms. The second-order valence-electron chi connectivity index (χ2n) is 6.10. The Bertz CT molecular complexity index is 580. The molecule has 139 valence electrons. The molecular weight excluding hydrogens is 399 g/mol. The van der Waals surface area contributed by atoms with Crippen LogP contribution in [0, 0.1) is 0 Å². The molecule has 0 N–H and O–H groups in total. The van der Waals surface area contributed by atoms with Gasteiger partial charge in [-0.15, -0.1) is 12.4 Å². The molecule has 0 aliphatic carbocycles. The topological polar surface area (TPSA) is 36.9 Å². The molecule has 2 rings (SSSR count). The van der Waals surface area contributed by atoms with Gasteiger partial charge in [-0.25, -0.2) is 0 Å². The molecule has 0 amide bonds. The molecule has 1 unspecified atom stereocenters. The molecule has 0 bridgehead atoms. The molecule has 0 aliphatic rings. The van der Waals surface area contributed by atoms with E-state index in [1.54, 1.807) is 14.2 Å². The van der Waals surface area contributed by atoms with Gasteiger partial charge in [-0.3, -0.25) is 0 Å². The van der Waals surface area contributed by atoms with E-state index < -0.39 is 14.4 Å². The van der Waals surface area contributed by atoms with Crippen molar-refractivity contribution < 1.29 is 31.4 Å². The van der Waals surface area contributed by atoms with Gasteiger partial charge in [0.25, 0.3) is 0 Å². The van der Waals surface area contributed by atoms with Crippen molar-refractivity contribution >= 4 is 19.6 Å². The molecule has 4 nitrogen and oxygen atoms in total. The zero-order valence-corrected chi connectivity index (χ0v) is 18.2. The first-order valence-electron chi connectivity index (χ1n) is 7.56. The fourth-order valence-electron chi connectivity index (χ4n) is 1.75. The van der Waals surface area contributed by atoms with Gasteiger partial charge < -0.3 is 0 Å². The number of methoxy groups -OCH3 is 2. The number of benzene rings is 2. The predicted molar refractivity (Wildman–Crippen MR) is 103 cm³/mol. The zero-order chi connectivity index (χ0) is 17.6. The Morgan fingerprint density at radius 2 is 1.00 bits per heavy atom. The molecule has 7 heteroatoms. The summed E-state index contributed by atoms with van der Waals surface area (Å²) < 4.78 is 22.7. The number of rotatable bonds is 7. The summed E-state index contributed by atoms with van der Waals surface area (Å²) in [6.45, 7) is 6.62. The van der Waals surface area contributed by atoms with Gasteiger partial charge in [-0.1, -0.05) is 0 Å². The first-order chi connectivity index (χ1) is 11.4. The third-order valence-corrected chi connectivity index (χ3v) is 9.04. The van der Waals surface area contributed by atoms with Gasteiger partial charge in [0.2, 0.25) is 0 Å². The van der Waals surface area contributed by atoms with Crippen LogP contribution >= 0.6 is 19.6 Å². The van der Waals surface area contributed by atoms with Gasteiger partial charge in [0.1, 0.15) is 0 Å². The maximum Gasteiger partial charge on any atom is -0.147 e.